The summed E-state index contributed by atoms with van der Waals surface area (Å²) in [5.74, 6) is 0.698. The van der Waals surface area contributed by atoms with Crippen molar-refractivity contribution in [1.82, 2.24) is 0 Å². The van der Waals surface area contributed by atoms with Crippen molar-refractivity contribution in [2.75, 3.05) is 30.4 Å². The normalized spacial score (nSPS) is 13.7. The molecule has 0 atom stereocenters. The Kier molecular flexibility index (Phi) is 4.18. The Morgan fingerprint density at radius 2 is 2.05 bits per heavy atom. The molecule has 2 aromatic rings. The van der Waals surface area contributed by atoms with E-state index < -0.39 is 0 Å². The number of halogens is 1. The number of nitrogens with one attached hydrogen (secondary N) is 1. The van der Waals surface area contributed by atoms with Gasteiger partial charge in [-0.15, -0.1) is 0 Å². The van der Waals surface area contributed by atoms with Crippen molar-refractivity contribution in [1.29, 1.82) is 0 Å². The van der Waals surface area contributed by atoms with E-state index >= 15 is 0 Å². The average Bonchev–Trinajstić information content (AvgIpc) is 2.54. The summed E-state index contributed by atoms with van der Waals surface area (Å²) in [5.41, 5.74) is 4.56. The van der Waals surface area contributed by atoms with Gasteiger partial charge in [0, 0.05) is 19.6 Å². The number of methoxy groups -OCH3 is 1. The number of ether oxygens (including phenoxy) is 1. The molecule has 0 amide bonds. The third-order valence-corrected chi connectivity index (χ3v) is 4.09. The number of hydrogen-bond donors (Lipinski definition) is 1. The fourth-order valence-corrected chi connectivity index (χ4v) is 2.98. The molecule has 116 valence electrons. The molecular formula is C18H21FN2O. The minimum atomic E-state index is -0.207. The molecule has 1 heterocycles. The Balaban J connectivity index is 1.88. The van der Waals surface area contributed by atoms with Gasteiger partial charge in [0.15, 0.2) is 0 Å². The van der Waals surface area contributed by atoms with Crippen molar-refractivity contribution in [3.8, 4) is 5.75 Å². The van der Waals surface area contributed by atoms with E-state index in [1.807, 2.05) is 19.1 Å². The second kappa shape index (κ2) is 6.26. The molecule has 1 N–H and O–H groups in total. The van der Waals surface area contributed by atoms with Crippen LogP contribution in [0, 0.1) is 5.82 Å². The van der Waals surface area contributed by atoms with E-state index in [0.29, 0.717) is 0 Å². The van der Waals surface area contributed by atoms with Gasteiger partial charge in [-0.05, 0) is 54.8 Å². The summed E-state index contributed by atoms with van der Waals surface area (Å²) in [4.78, 5) is 2.30. The van der Waals surface area contributed by atoms with Crippen LogP contribution in [0.4, 0.5) is 15.8 Å². The average molecular weight is 300 g/mol. The summed E-state index contributed by atoms with van der Waals surface area (Å²) in [5, 5.41) is 3.25. The lowest BCUT2D eigenvalue weighted by atomic mass is 9.98. The third kappa shape index (κ3) is 2.86. The van der Waals surface area contributed by atoms with Crippen LogP contribution in [-0.2, 0) is 13.0 Å². The first-order chi connectivity index (χ1) is 10.7. The Morgan fingerprint density at radius 3 is 2.82 bits per heavy atom. The van der Waals surface area contributed by atoms with Crippen molar-refractivity contribution in [2.24, 2.45) is 0 Å². The quantitative estimate of drug-likeness (QED) is 0.929. The van der Waals surface area contributed by atoms with Crippen molar-refractivity contribution < 1.29 is 9.13 Å². The minimum absolute atomic E-state index is 0.207. The number of nitrogens with zero attached hydrogens (tertiary/aromatic N) is 1. The van der Waals surface area contributed by atoms with Gasteiger partial charge in [0.25, 0.3) is 0 Å². The van der Waals surface area contributed by atoms with Gasteiger partial charge in [0.05, 0.1) is 18.5 Å². The van der Waals surface area contributed by atoms with E-state index in [1.165, 1.54) is 17.2 Å². The van der Waals surface area contributed by atoms with E-state index in [-0.39, 0.29) is 5.82 Å². The van der Waals surface area contributed by atoms with Crippen LogP contribution in [0.1, 0.15) is 18.1 Å². The summed E-state index contributed by atoms with van der Waals surface area (Å²) < 4.78 is 18.8. The molecular weight excluding hydrogens is 279 g/mol. The Hall–Kier alpha value is -2.23. The van der Waals surface area contributed by atoms with Crippen LogP contribution in [0.25, 0.3) is 0 Å². The number of anilines is 2. The predicted molar refractivity (Wildman–Crippen MR) is 88.3 cm³/mol. The second-order valence-corrected chi connectivity index (χ2v) is 5.50. The highest BCUT2D eigenvalue weighted by Gasteiger charge is 2.19. The minimum Gasteiger partial charge on any atom is -0.497 e. The zero-order valence-corrected chi connectivity index (χ0v) is 13.0. The summed E-state index contributed by atoms with van der Waals surface area (Å²) in [6.07, 6.45) is 0.968. The van der Waals surface area contributed by atoms with E-state index in [4.69, 9.17) is 4.74 Å². The van der Waals surface area contributed by atoms with Gasteiger partial charge in [0.2, 0.25) is 0 Å². The van der Waals surface area contributed by atoms with Gasteiger partial charge in [-0.2, -0.15) is 0 Å². The number of benzene rings is 2. The van der Waals surface area contributed by atoms with Gasteiger partial charge in [-0.1, -0.05) is 6.07 Å². The second-order valence-electron chi connectivity index (χ2n) is 5.50. The summed E-state index contributed by atoms with van der Waals surface area (Å²) in [6, 6.07) is 11.2. The maximum absolute atomic E-state index is 13.5. The predicted octanol–water partition coefficient (Wildman–Crippen LogP) is 3.83. The third-order valence-electron chi connectivity index (χ3n) is 4.09. The molecule has 22 heavy (non-hydrogen) atoms. The van der Waals surface area contributed by atoms with Crippen LogP contribution >= 0.6 is 0 Å². The van der Waals surface area contributed by atoms with Gasteiger partial charge >= 0.3 is 0 Å². The van der Waals surface area contributed by atoms with Crippen molar-refractivity contribution >= 4 is 11.4 Å². The number of rotatable bonds is 4. The Bertz CT molecular complexity index is 672. The smallest absolute Gasteiger partial charge is 0.125 e. The fourth-order valence-electron chi connectivity index (χ4n) is 2.98. The zero-order valence-electron chi connectivity index (χ0n) is 13.0. The molecule has 0 aromatic heterocycles. The fraction of sp³-hybridized carbons (Fsp3) is 0.333. The molecule has 0 fully saturated rings. The monoisotopic (exact) mass is 300 g/mol. The molecule has 2 aromatic carbocycles. The van der Waals surface area contributed by atoms with Crippen LogP contribution in [-0.4, -0.2) is 20.2 Å². The Labute approximate surface area is 130 Å². The molecule has 1 aliphatic rings. The first kappa shape index (κ1) is 14.7. The molecule has 3 rings (SSSR count). The van der Waals surface area contributed by atoms with E-state index in [2.05, 4.69) is 22.3 Å². The lowest BCUT2D eigenvalue weighted by molar-refractivity contribution is 0.414. The maximum atomic E-state index is 13.5. The van der Waals surface area contributed by atoms with Crippen LogP contribution in [0.3, 0.4) is 0 Å². The molecule has 4 heteroatoms. The van der Waals surface area contributed by atoms with E-state index in [1.54, 1.807) is 13.2 Å². The van der Waals surface area contributed by atoms with E-state index in [0.717, 1.165) is 43.2 Å². The standard InChI is InChI=1S/C18H21FN2O/c1-3-20-17-11-15(19)5-7-18(17)21-9-8-13-10-16(22-2)6-4-14(13)12-21/h4-7,10-11,20H,3,8-9,12H2,1-2H3. The number of hydrogen-bond acceptors (Lipinski definition) is 3. The lowest BCUT2D eigenvalue weighted by Gasteiger charge is -2.32. The first-order valence-corrected chi connectivity index (χ1v) is 7.65. The lowest BCUT2D eigenvalue weighted by Crippen LogP contribution is -2.31. The first-order valence-electron chi connectivity index (χ1n) is 7.65. The van der Waals surface area contributed by atoms with Gasteiger partial charge < -0.3 is 15.0 Å². The zero-order chi connectivity index (χ0) is 15.5. The molecule has 0 saturated carbocycles. The van der Waals surface area contributed by atoms with Crippen LogP contribution in [0.15, 0.2) is 36.4 Å². The van der Waals surface area contributed by atoms with Gasteiger partial charge in [-0.25, -0.2) is 4.39 Å². The highest BCUT2D eigenvalue weighted by Crippen LogP contribution is 2.32. The van der Waals surface area contributed by atoms with Crippen LogP contribution in [0.2, 0.25) is 0 Å². The SMILES string of the molecule is CCNc1cc(F)ccc1N1CCc2cc(OC)ccc2C1. The van der Waals surface area contributed by atoms with Crippen LogP contribution < -0.4 is 15.0 Å². The molecule has 0 radical (unpaired) electrons. The molecule has 1 aliphatic heterocycles. The van der Waals surface area contributed by atoms with Crippen LogP contribution in [0.5, 0.6) is 5.75 Å². The van der Waals surface area contributed by atoms with Gasteiger partial charge in [0.1, 0.15) is 11.6 Å². The molecule has 0 unspecified atom stereocenters. The molecule has 0 spiro atoms. The molecule has 0 saturated heterocycles. The topological polar surface area (TPSA) is 24.5 Å². The highest BCUT2D eigenvalue weighted by molar-refractivity contribution is 5.70. The molecule has 3 nitrogen and oxygen atoms in total. The van der Waals surface area contributed by atoms with Crippen molar-refractivity contribution in [3.63, 3.8) is 0 Å². The van der Waals surface area contributed by atoms with Crippen molar-refractivity contribution in [3.05, 3.63) is 53.3 Å². The van der Waals surface area contributed by atoms with Crippen molar-refractivity contribution in [2.45, 2.75) is 19.9 Å². The largest absolute Gasteiger partial charge is 0.497 e. The molecule has 0 aliphatic carbocycles. The summed E-state index contributed by atoms with van der Waals surface area (Å²) >= 11 is 0. The summed E-state index contributed by atoms with van der Waals surface area (Å²) in [6.45, 7) is 4.55. The van der Waals surface area contributed by atoms with Gasteiger partial charge in [-0.3, -0.25) is 0 Å². The summed E-state index contributed by atoms with van der Waals surface area (Å²) in [7, 11) is 1.69. The highest BCUT2D eigenvalue weighted by atomic mass is 19.1. The number of fused-ring (bicyclic) bond motifs is 1. The molecule has 0 bridgehead atoms. The Morgan fingerprint density at radius 1 is 1.18 bits per heavy atom. The maximum Gasteiger partial charge on any atom is 0.125 e. The van der Waals surface area contributed by atoms with E-state index in [9.17, 15) is 4.39 Å².